The summed E-state index contributed by atoms with van der Waals surface area (Å²) in [6.07, 6.45) is 0. The maximum Gasteiger partial charge on any atom is 0.323 e. The van der Waals surface area contributed by atoms with Crippen molar-refractivity contribution in [3.05, 3.63) is 98.5 Å². The minimum atomic E-state index is -0.466. The van der Waals surface area contributed by atoms with Gasteiger partial charge in [-0.05, 0) is 55.0 Å². The molecule has 0 spiro atoms. The lowest BCUT2D eigenvalue weighted by Crippen LogP contribution is -2.25. The highest BCUT2D eigenvalue weighted by Gasteiger charge is 2.11. The van der Waals surface area contributed by atoms with Crippen LogP contribution in [0.2, 0.25) is 10.0 Å². The topological polar surface area (TPSA) is 76.0 Å². The molecule has 156 valence electrons. The molecule has 4 aromatic rings. The number of anilines is 2. The molecular weight excluding hydrogens is 435 g/mol. The van der Waals surface area contributed by atoms with E-state index in [-0.39, 0.29) is 5.56 Å². The number of fused-ring (bicyclic) bond motifs is 1. The number of hydrogen-bond donors (Lipinski definition) is 2. The molecule has 0 aliphatic rings. The summed E-state index contributed by atoms with van der Waals surface area (Å²) in [5.41, 5.74) is 2.21. The molecule has 0 radical (unpaired) electrons. The number of amides is 2. The Bertz CT molecular complexity index is 1350. The average Bonchev–Trinajstić information content (AvgIpc) is 2.73. The van der Waals surface area contributed by atoms with Crippen molar-refractivity contribution in [1.29, 1.82) is 0 Å². The van der Waals surface area contributed by atoms with Crippen LogP contribution in [-0.2, 0) is 6.54 Å². The molecule has 1 aromatic heterocycles. The third-order valence-electron chi connectivity index (χ3n) is 4.75. The van der Waals surface area contributed by atoms with Crippen molar-refractivity contribution in [3.8, 4) is 0 Å². The van der Waals surface area contributed by atoms with Gasteiger partial charge in [0.15, 0.2) is 0 Å². The maximum absolute atomic E-state index is 13.2. The number of para-hydroxylation sites is 1. The molecule has 2 N–H and O–H groups in total. The molecule has 3 aromatic carbocycles. The normalized spacial score (nSPS) is 10.8. The highest BCUT2D eigenvalue weighted by molar-refractivity contribution is 6.33. The van der Waals surface area contributed by atoms with Crippen LogP contribution in [0.5, 0.6) is 0 Å². The van der Waals surface area contributed by atoms with Gasteiger partial charge in [-0.2, -0.15) is 0 Å². The van der Waals surface area contributed by atoms with E-state index >= 15 is 0 Å². The molecule has 0 bridgehead atoms. The SMILES string of the molecule is Cc1nc2ccc(NC(=O)Nc3ccccc3Cl)cc2c(=O)n1Cc1cccc(Cl)c1. The molecule has 0 aliphatic carbocycles. The Hall–Kier alpha value is -3.35. The minimum Gasteiger partial charge on any atom is -0.308 e. The Kier molecular flexibility index (Phi) is 5.93. The summed E-state index contributed by atoms with van der Waals surface area (Å²) in [7, 11) is 0. The molecule has 31 heavy (non-hydrogen) atoms. The number of halogens is 2. The molecular formula is C23H18Cl2N4O2. The Morgan fingerprint density at radius 3 is 2.58 bits per heavy atom. The van der Waals surface area contributed by atoms with E-state index in [1.165, 1.54) is 0 Å². The molecule has 0 saturated carbocycles. The second-order valence-corrected chi connectivity index (χ2v) is 7.81. The van der Waals surface area contributed by atoms with Gasteiger partial charge in [-0.1, -0.05) is 47.5 Å². The lowest BCUT2D eigenvalue weighted by Gasteiger charge is -2.13. The van der Waals surface area contributed by atoms with Gasteiger partial charge in [0.25, 0.3) is 5.56 Å². The third kappa shape index (κ3) is 4.71. The predicted octanol–water partition coefficient (Wildman–Crippen LogP) is 5.70. The number of rotatable bonds is 4. The highest BCUT2D eigenvalue weighted by Crippen LogP contribution is 2.21. The van der Waals surface area contributed by atoms with E-state index < -0.39 is 6.03 Å². The first-order valence-electron chi connectivity index (χ1n) is 9.49. The second-order valence-electron chi connectivity index (χ2n) is 6.97. The molecule has 6 nitrogen and oxygen atoms in total. The molecule has 0 fully saturated rings. The quantitative estimate of drug-likeness (QED) is 0.416. The largest absolute Gasteiger partial charge is 0.323 e. The molecule has 0 aliphatic heterocycles. The van der Waals surface area contributed by atoms with Gasteiger partial charge in [0.1, 0.15) is 5.82 Å². The van der Waals surface area contributed by atoms with Gasteiger partial charge < -0.3 is 10.6 Å². The predicted molar refractivity (Wildman–Crippen MR) is 125 cm³/mol. The van der Waals surface area contributed by atoms with Crippen LogP contribution in [0, 0.1) is 6.92 Å². The van der Waals surface area contributed by atoms with Crippen molar-refractivity contribution < 1.29 is 4.79 Å². The zero-order chi connectivity index (χ0) is 22.0. The molecule has 1 heterocycles. The number of carbonyl (C=O) groups is 1. The van der Waals surface area contributed by atoms with Gasteiger partial charge in [-0.3, -0.25) is 9.36 Å². The van der Waals surface area contributed by atoms with Crippen LogP contribution in [0.3, 0.4) is 0 Å². The summed E-state index contributed by atoms with van der Waals surface area (Å²) < 4.78 is 1.58. The van der Waals surface area contributed by atoms with Gasteiger partial charge >= 0.3 is 6.03 Å². The first kappa shape index (κ1) is 20.9. The molecule has 8 heteroatoms. The van der Waals surface area contributed by atoms with E-state index in [1.54, 1.807) is 60.0 Å². The zero-order valence-electron chi connectivity index (χ0n) is 16.5. The average molecular weight is 453 g/mol. The maximum atomic E-state index is 13.2. The number of nitrogens with zero attached hydrogens (tertiary/aromatic N) is 2. The summed E-state index contributed by atoms with van der Waals surface area (Å²) in [5, 5.41) is 6.85. The monoisotopic (exact) mass is 452 g/mol. The Labute approximate surface area is 188 Å². The third-order valence-corrected chi connectivity index (χ3v) is 5.32. The van der Waals surface area contributed by atoms with E-state index in [0.29, 0.717) is 44.7 Å². The van der Waals surface area contributed by atoms with Crippen molar-refractivity contribution in [1.82, 2.24) is 9.55 Å². The van der Waals surface area contributed by atoms with Crippen molar-refractivity contribution in [2.45, 2.75) is 13.5 Å². The first-order valence-corrected chi connectivity index (χ1v) is 10.2. The summed E-state index contributed by atoms with van der Waals surface area (Å²) in [5.74, 6) is 0.592. The van der Waals surface area contributed by atoms with Crippen LogP contribution in [-0.4, -0.2) is 15.6 Å². The van der Waals surface area contributed by atoms with Crippen LogP contribution < -0.4 is 16.2 Å². The van der Waals surface area contributed by atoms with Crippen LogP contribution >= 0.6 is 23.2 Å². The molecule has 0 atom stereocenters. The first-order chi connectivity index (χ1) is 14.9. The number of urea groups is 1. The van der Waals surface area contributed by atoms with E-state index in [4.69, 9.17) is 23.2 Å². The fraction of sp³-hybridized carbons (Fsp3) is 0.0870. The van der Waals surface area contributed by atoms with Crippen molar-refractivity contribution in [2.24, 2.45) is 0 Å². The fourth-order valence-electron chi connectivity index (χ4n) is 3.26. The summed E-state index contributed by atoms with van der Waals surface area (Å²) >= 11 is 12.1. The molecule has 4 rings (SSSR count). The van der Waals surface area contributed by atoms with E-state index in [0.717, 1.165) is 5.56 Å². The van der Waals surface area contributed by atoms with Gasteiger partial charge in [0, 0.05) is 10.7 Å². The van der Waals surface area contributed by atoms with Crippen LogP contribution in [0.4, 0.5) is 16.2 Å². The van der Waals surface area contributed by atoms with E-state index in [1.807, 2.05) is 18.2 Å². The molecule has 0 unspecified atom stereocenters. The van der Waals surface area contributed by atoms with Gasteiger partial charge in [-0.25, -0.2) is 9.78 Å². The van der Waals surface area contributed by atoms with E-state index in [2.05, 4.69) is 15.6 Å². The smallest absolute Gasteiger partial charge is 0.308 e. The highest BCUT2D eigenvalue weighted by atomic mass is 35.5. The fourth-order valence-corrected chi connectivity index (χ4v) is 3.66. The summed E-state index contributed by atoms with van der Waals surface area (Å²) in [6.45, 7) is 2.13. The molecule has 2 amide bonds. The van der Waals surface area contributed by atoms with Gasteiger partial charge in [0.2, 0.25) is 0 Å². The minimum absolute atomic E-state index is 0.197. The van der Waals surface area contributed by atoms with Gasteiger partial charge in [-0.15, -0.1) is 0 Å². The number of hydrogen-bond acceptors (Lipinski definition) is 3. The number of carbonyl (C=O) groups excluding carboxylic acids is 1. The Morgan fingerprint density at radius 1 is 1.00 bits per heavy atom. The van der Waals surface area contributed by atoms with Crippen molar-refractivity contribution in [2.75, 3.05) is 10.6 Å². The zero-order valence-corrected chi connectivity index (χ0v) is 18.0. The van der Waals surface area contributed by atoms with Crippen LogP contribution in [0.25, 0.3) is 10.9 Å². The van der Waals surface area contributed by atoms with Crippen LogP contribution in [0.15, 0.2) is 71.5 Å². The van der Waals surface area contributed by atoms with Gasteiger partial charge in [0.05, 0.1) is 28.2 Å². The molecule has 0 saturated heterocycles. The lowest BCUT2D eigenvalue weighted by atomic mass is 10.2. The lowest BCUT2D eigenvalue weighted by molar-refractivity contribution is 0.262. The Balaban J connectivity index is 1.62. The number of benzene rings is 3. The Morgan fingerprint density at radius 2 is 1.81 bits per heavy atom. The second kappa shape index (κ2) is 8.79. The summed E-state index contributed by atoms with van der Waals surface area (Å²) in [4.78, 5) is 30.1. The van der Waals surface area contributed by atoms with Crippen LogP contribution in [0.1, 0.15) is 11.4 Å². The summed E-state index contributed by atoms with van der Waals surface area (Å²) in [6, 6.07) is 18.8. The van der Waals surface area contributed by atoms with Crippen molar-refractivity contribution in [3.63, 3.8) is 0 Å². The number of nitrogens with one attached hydrogen (secondary N) is 2. The number of aryl methyl sites for hydroxylation is 1. The van der Waals surface area contributed by atoms with E-state index in [9.17, 15) is 9.59 Å². The standard InChI is InChI=1S/C23H18Cl2N4O2/c1-14-26-20-10-9-17(27-23(31)28-21-8-3-2-7-19(21)25)12-18(20)22(30)29(14)13-15-5-4-6-16(24)11-15/h2-12H,13H2,1H3,(H2,27,28,31). The van der Waals surface area contributed by atoms with Crippen molar-refractivity contribution >= 4 is 51.5 Å². The number of aromatic nitrogens is 2.